The van der Waals surface area contributed by atoms with Gasteiger partial charge in [0.1, 0.15) is 6.54 Å². The SMILES string of the molecule is CC(C)=C(/C=N\CN)N(N)CC(F)(F)C(F)(F)F. The van der Waals surface area contributed by atoms with Gasteiger partial charge in [-0.15, -0.1) is 0 Å². The molecule has 0 bridgehead atoms. The summed E-state index contributed by atoms with van der Waals surface area (Å²) < 4.78 is 61.6. The quantitative estimate of drug-likeness (QED) is 0.346. The van der Waals surface area contributed by atoms with Crippen LogP contribution in [-0.4, -0.2) is 36.5 Å². The number of hydrazine groups is 1. The Balaban J connectivity index is 5.00. The second-order valence-corrected chi connectivity index (χ2v) is 3.71. The van der Waals surface area contributed by atoms with Crippen LogP contribution in [0.1, 0.15) is 13.8 Å². The maximum Gasteiger partial charge on any atom is 0.455 e. The number of rotatable bonds is 5. The highest BCUT2D eigenvalue weighted by molar-refractivity contribution is 5.78. The maximum atomic E-state index is 12.8. The van der Waals surface area contributed by atoms with Crippen molar-refractivity contribution in [1.82, 2.24) is 5.01 Å². The fourth-order valence-electron chi connectivity index (χ4n) is 1.02. The zero-order valence-corrected chi connectivity index (χ0v) is 9.93. The number of alkyl halides is 5. The highest BCUT2D eigenvalue weighted by Gasteiger charge is 2.58. The number of halogens is 5. The van der Waals surface area contributed by atoms with E-state index in [-0.39, 0.29) is 12.4 Å². The van der Waals surface area contributed by atoms with Crippen molar-refractivity contribution >= 4 is 6.21 Å². The third-order valence-corrected chi connectivity index (χ3v) is 1.92. The average molecular weight is 274 g/mol. The topological polar surface area (TPSA) is 67.6 Å². The molecule has 106 valence electrons. The van der Waals surface area contributed by atoms with E-state index in [9.17, 15) is 22.0 Å². The van der Waals surface area contributed by atoms with Gasteiger partial charge in [0.2, 0.25) is 0 Å². The summed E-state index contributed by atoms with van der Waals surface area (Å²) in [7, 11) is 0. The summed E-state index contributed by atoms with van der Waals surface area (Å²) in [6.07, 6.45) is -4.59. The van der Waals surface area contributed by atoms with Crippen molar-refractivity contribution < 1.29 is 22.0 Å². The van der Waals surface area contributed by atoms with E-state index in [1.54, 1.807) is 0 Å². The summed E-state index contributed by atoms with van der Waals surface area (Å²) in [6, 6.07) is 0. The van der Waals surface area contributed by atoms with Gasteiger partial charge in [0.25, 0.3) is 0 Å². The lowest BCUT2D eigenvalue weighted by Crippen LogP contribution is -2.49. The summed E-state index contributed by atoms with van der Waals surface area (Å²) in [5, 5.41) is 0.308. The van der Waals surface area contributed by atoms with Crippen LogP contribution in [0.4, 0.5) is 22.0 Å². The van der Waals surface area contributed by atoms with Gasteiger partial charge >= 0.3 is 12.1 Å². The van der Waals surface area contributed by atoms with Gasteiger partial charge in [-0.2, -0.15) is 22.0 Å². The van der Waals surface area contributed by atoms with E-state index in [4.69, 9.17) is 11.6 Å². The first-order chi connectivity index (χ1) is 8.03. The van der Waals surface area contributed by atoms with Crippen LogP contribution < -0.4 is 11.6 Å². The monoisotopic (exact) mass is 274 g/mol. The molecule has 0 aromatic heterocycles. The summed E-state index contributed by atoms with van der Waals surface area (Å²) in [5.74, 6) is 0.302. The molecule has 0 aliphatic rings. The summed E-state index contributed by atoms with van der Waals surface area (Å²) >= 11 is 0. The zero-order valence-electron chi connectivity index (χ0n) is 9.93. The number of allylic oxidation sites excluding steroid dienone is 2. The second kappa shape index (κ2) is 6.10. The van der Waals surface area contributed by atoms with E-state index < -0.39 is 18.6 Å². The van der Waals surface area contributed by atoms with Crippen molar-refractivity contribution in [2.45, 2.75) is 25.9 Å². The van der Waals surface area contributed by atoms with Gasteiger partial charge in [-0.05, 0) is 13.8 Å². The number of hydrogen-bond donors (Lipinski definition) is 2. The molecule has 0 heterocycles. The molecule has 0 fully saturated rings. The zero-order chi connectivity index (χ0) is 14.6. The van der Waals surface area contributed by atoms with Crippen molar-refractivity contribution in [2.75, 3.05) is 13.2 Å². The van der Waals surface area contributed by atoms with Crippen LogP contribution in [0.5, 0.6) is 0 Å². The lowest BCUT2D eigenvalue weighted by atomic mass is 10.2. The van der Waals surface area contributed by atoms with Gasteiger partial charge in [-0.25, -0.2) is 5.84 Å². The van der Waals surface area contributed by atoms with E-state index in [0.29, 0.717) is 10.6 Å². The Bertz CT molecular complexity index is 330. The van der Waals surface area contributed by atoms with Gasteiger partial charge in [0.15, 0.2) is 0 Å². The summed E-state index contributed by atoms with van der Waals surface area (Å²) in [4.78, 5) is 3.55. The Labute approximate surface area is 101 Å². The molecule has 18 heavy (non-hydrogen) atoms. The number of hydrogen-bond acceptors (Lipinski definition) is 4. The van der Waals surface area contributed by atoms with Gasteiger partial charge in [0, 0.05) is 6.21 Å². The van der Waals surface area contributed by atoms with Crippen LogP contribution in [0.2, 0.25) is 0 Å². The highest BCUT2D eigenvalue weighted by Crippen LogP contribution is 2.36. The van der Waals surface area contributed by atoms with Crippen LogP contribution in [0.15, 0.2) is 16.3 Å². The molecule has 0 atom stereocenters. The van der Waals surface area contributed by atoms with Crippen molar-refractivity contribution in [3.8, 4) is 0 Å². The largest absolute Gasteiger partial charge is 0.455 e. The second-order valence-electron chi connectivity index (χ2n) is 3.71. The molecule has 0 aromatic rings. The van der Waals surface area contributed by atoms with Crippen molar-refractivity contribution in [3.63, 3.8) is 0 Å². The molecule has 0 spiro atoms. The standard InChI is InChI=1S/C9H15F5N4/c1-6(2)7(3-17-5-15)18(16)4-8(10,11)9(12,13)14/h3H,4-5,15-16H2,1-2H3/b17-3-. The molecule has 0 saturated carbocycles. The molecular formula is C9H15F5N4. The normalized spacial score (nSPS) is 12.9. The fourth-order valence-corrected chi connectivity index (χ4v) is 1.02. The Morgan fingerprint density at radius 1 is 1.22 bits per heavy atom. The van der Waals surface area contributed by atoms with Gasteiger partial charge in [-0.1, -0.05) is 5.57 Å². The summed E-state index contributed by atoms with van der Waals surface area (Å²) in [5.41, 5.74) is 5.47. The van der Waals surface area contributed by atoms with Gasteiger partial charge < -0.3 is 10.7 Å². The maximum absolute atomic E-state index is 12.8. The Morgan fingerprint density at radius 3 is 2.06 bits per heavy atom. The molecule has 4 N–H and O–H groups in total. The van der Waals surface area contributed by atoms with Crippen molar-refractivity contribution in [1.29, 1.82) is 0 Å². The fraction of sp³-hybridized carbons (Fsp3) is 0.667. The van der Waals surface area contributed by atoms with Crippen molar-refractivity contribution in [3.05, 3.63) is 11.3 Å². The predicted molar refractivity (Wildman–Crippen MR) is 57.8 cm³/mol. The molecular weight excluding hydrogens is 259 g/mol. The lowest BCUT2D eigenvalue weighted by molar-refractivity contribution is -0.285. The van der Waals surface area contributed by atoms with Crippen LogP contribution in [-0.2, 0) is 0 Å². The molecule has 0 rings (SSSR count). The van der Waals surface area contributed by atoms with E-state index >= 15 is 0 Å². The van der Waals surface area contributed by atoms with Crippen LogP contribution in [0, 0.1) is 0 Å². The van der Waals surface area contributed by atoms with E-state index in [2.05, 4.69) is 4.99 Å². The number of nitrogens with two attached hydrogens (primary N) is 2. The first-order valence-corrected chi connectivity index (χ1v) is 4.87. The third kappa shape index (κ3) is 4.57. The minimum absolute atomic E-state index is 0.0376. The van der Waals surface area contributed by atoms with Gasteiger partial charge in [-0.3, -0.25) is 4.99 Å². The molecule has 9 heteroatoms. The average Bonchev–Trinajstić information content (AvgIpc) is 2.14. The first kappa shape index (κ1) is 16.8. The van der Waals surface area contributed by atoms with Crippen LogP contribution >= 0.6 is 0 Å². The number of aliphatic imine (C=N–C) groups is 1. The Morgan fingerprint density at radius 2 is 1.72 bits per heavy atom. The molecule has 0 radical (unpaired) electrons. The Hall–Kier alpha value is -1.22. The van der Waals surface area contributed by atoms with Gasteiger partial charge in [0.05, 0.1) is 12.4 Å². The smallest absolute Gasteiger partial charge is 0.312 e. The number of nitrogens with zero attached hydrogens (tertiary/aromatic N) is 2. The van der Waals surface area contributed by atoms with E-state index in [1.807, 2.05) is 0 Å². The molecule has 0 aliphatic heterocycles. The molecule has 0 unspecified atom stereocenters. The predicted octanol–water partition coefficient (Wildman–Crippen LogP) is 1.64. The third-order valence-electron chi connectivity index (χ3n) is 1.92. The molecule has 0 amide bonds. The minimum atomic E-state index is -5.65. The first-order valence-electron chi connectivity index (χ1n) is 4.87. The molecule has 0 aromatic carbocycles. The lowest BCUT2D eigenvalue weighted by Gasteiger charge is -2.27. The van der Waals surface area contributed by atoms with Crippen LogP contribution in [0.3, 0.4) is 0 Å². The molecule has 0 aliphatic carbocycles. The molecule has 4 nitrogen and oxygen atoms in total. The highest BCUT2D eigenvalue weighted by atomic mass is 19.4. The van der Waals surface area contributed by atoms with Crippen LogP contribution in [0.25, 0.3) is 0 Å². The molecule has 0 saturated heterocycles. The Kier molecular flexibility index (Phi) is 5.68. The van der Waals surface area contributed by atoms with Crippen molar-refractivity contribution in [2.24, 2.45) is 16.6 Å². The summed E-state index contributed by atoms with van der Waals surface area (Å²) in [6.45, 7) is 1.20. The minimum Gasteiger partial charge on any atom is -0.312 e. The van der Waals surface area contributed by atoms with E-state index in [0.717, 1.165) is 6.21 Å². The van der Waals surface area contributed by atoms with E-state index in [1.165, 1.54) is 13.8 Å².